The van der Waals surface area contributed by atoms with Gasteiger partial charge in [0.1, 0.15) is 17.1 Å². The molecule has 0 fully saturated rings. The summed E-state index contributed by atoms with van der Waals surface area (Å²) in [6.45, 7) is 13.4. The molecule has 0 bridgehead atoms. The molecule has 0 N–H and O–H groups in total. The van der Waals surface area contributed by atoms with Crippen LogP contribution in [0.3, 0.4) is 0 Å². The number of carbonyl (C=O) groups is 1. The molecule has 6 heteroatoms. The van der Waals surface area contributed by atoms with Gasteiger partial charge in [-0.3, -0.25) is 4.79 Å². The van der Waals surface area contributed by atoms with E-state index < -0.39 is 12.1 Å². The third-order valence-corrected chi connectivity index (χ3v) is 8.00. The quantitative estimate of drug-likeness (QED) is 0.195. The Morgan fingerprint density at radius 1 is 1.03 bits per heavy atom. The molecule has 4 atom stereocenters. The minimum Gasteiger partial charge on any atom is -0.487 e. The van der Waals surface area contributed by atoms with Gasteiger partial charge in [0.05, 0.1) is 5.92 Å². The maximum Gasteiger partial charge on any atom is 0.391 e. The molecule has 1 aliphatic rings. The fourth-order valence-corrected chi connectivity index (χ4v) is 5.36. The van der Waals surface area contributed by atoms with Gasteiger partial charge in [-0.2, -0.15) is 13.2 Å². The second-order valence-corrected chi connectivity index (χ2v) is 11.7. The summed E-state index contributed by atoms with van der Waals surface area (Å²) in [5, 5.41) is 0. The molecule has 206 valence electrons. The van der Waals surface area contributed by atoms with Gasteiger partial charge in [-0.15, -0.1) is 0 Å². The molecule has 1 aromatic rings. The Balaban J connectivity index is 1.72. The molecule has 2 rings (SSSR count). The molecule has 0 aliphatic carbocycles. The molecule has 0 radical (unpaired) electrons. The Kier molecular flexibility index (Phi) is 11.2. The lowest BCUT2D eigenvalue weighted by molar-refractivity contribution is -0.171. The fraction of sp³-hybridized carbons (Fsp3) is 0.767. The predicted octanol–water partition coefficient (Wildman–Crippen LogP) is 9.29. The summed E-state index contributed by atoms with van der Waals surface area (Å²) in [6.07, 6.45) is 6.26. The van der Waals surface area contributed by atoms with E-state index in [4.69, 9.17) is 9.47 Å². The summed E-state index contributed by atoms with van der Waals surface area (Å²) in [5.74, 6) is 1.20. The molecule has 0 amide bonds. The summed E-state index contributed by atoms with van der Waals surface area (Å²) in [5.41, 5.74) is 2.97. The van der Waals surface area contributed by atoms with Crippen molar-refractivity contribution < 1.29 is 27.4 Å². The van der Waals surface area contributed by atoms with Gasteiger partial charge < -0.3 is 9.47 Å². The highest BCUT2D eigenvalue weighted by molar-refractivity contribution is 5.70. The van der Waals surface area contributed by atoms with Gasteiger partial charge in [-0.1, -0.05) is 59.3 Å². The van der Waals surface area contributed by atoms with Crippen LogP contribution in [0.4, 0.5) is 13.2 Å². The molecule has 0 saturated heterocycles. The van der Waals surface area contributed by atoms with Crippen molar-refractivity contribution in [2.24, 2.45) is 17.8 Å². The lowest BCUT2D eigenvalue weighted by Crippen LogP contribution is -2.37. The first-order valence-corrected chi connectivity index (χ1v) is 13.8. The van der Waals surface area contributed by atoms with E-state index in [0.717, 1.165) is 73.8 Å². The number of aryl methyl sites for hydroxylation is 1. The Morgan fingerprint density at radius 2 is 1.58 bits per heavy atom. The number of alkyl halides is 3. The second-order valence-electron chi connectivity index (χ2n) is 11.7. The van der Waals surface area contributed by atoms with Crippen LogP contribution in [0.25, 0.3) is 0 Å². The third-order valence-electron chi connectivity index (χ3n) is 8.00. The van der Waals surface area contributed by atoms with Gasteiger partial charge in [-0.05, 0) is 81.9 Å². The van der Waals surface area contributed by atoms with Crippen LogP contribution >= 0.6 is 0 Å². The number of rotatable bonds is 13. The molecule has 1 aromatic carbocycles. The number of carbonyl (C=O) groups excluding carboxylic acids is 1. The van der Waals surface area contributed by atoms with E-state index in [9.17, 15) is 18.0 Å². The van der Waals surface area contributed by atoms with E-state index in [-0.39, 0.29) is 18.0 Å². The van der Waals surface area contributed by atoms with Crippen molar-refractivity contribution in [3.05, 3.63) is 22.8 Å². The van der Waals surface area contributed by atoms with E-state index in [2.05, 4.69) is 20.8 Å². The molecule has 1 heterocycles. The maximum atomic E-state index is 12.6. The number of benzene rings is 1. The Hall–Kier alpha value is -1.72. The van der Waals surface area contributed by atoms with Crippen LogP contribution in [0.1, 0.15) is 116 Å². The largest absolute Gasteiger partial charge is 0.487 e. The van der Waals surface area contributed by atoms with Gasteiger partial charge in [-0.25, -0.2) is 0 Å². The zero-order valence-corrected chi connectivity index (χ0v) is 23.4. The number of ether oxygens (including phenoxy) is 2. The summed E-state index contributed by atoms with van der Waals surface area (Å²) in [7, 11) is 0. The maximum absolute atomic E-state index is 12.6. The van der Waals surface area contributed by atoms with Crippen molar-refractivity contribution in [1.29, 1.82) is 0 Å². The SMILES string of the molecule is CC(=O)Oc1cc(C)c2c(c1C)CCC(C)(CCCC(C)CCCC(C)CCCC(C)C(F)(F)F)O2. The summed E-state index contributed by atoms with van der Waals surface area (Å²) >= 11 is 0. The van der Waals surface area contributed by atoms with E-state index in [1.807, 2.05) is 19.9 Å². The van der Waals surface area contributed by atoms with Crippen molar-refractivity contribution in [3.8, 4) is 11.5 Å². The normalized spacial score (nSPS) is 20.3. The van der Waals surface area contributed by atoms with E-state index in [0.29, 0.717) is 24.0 Å². The lowest BCUT2D eigenvalue weighted by atomic mass is 9.84. The monoisotopic (exact) mass is 512 g/mol. The lowest BCUT2D eigenvalue weighted by Gasteiger charge is -2.38. The average molecular weight is 513 g/mol. The topological polar surface area (TPSA) is 35.5 Å². The number of halogens is 3. The Bertz CT molecular complexity index is 864. The minimum atomic E-state index is -4.06. The third kappa shape index (κ3) is 9.30. The van der Waals surface area contributed by atoms with Crippen LogP contribution < -0.4 is 9.47 Å². The predicted molar refractivity (Wildman–Crippen MR) is 140 cm³/mol. The van der Waals surface area contributed by atoms with Crippen LogP contribution in [0, 0.1) is 31.6 Å². The molecular formula is C30H47F3O3. The number of hydrogen-bond donors (Lipinski definition) is 0. The zero-order valence-electron chi connectivity index (χ0n) is 23.4. The van der Waals surface area contributed by atoms with Crippen LogP contribution in [-0.2, 0) is 11.2 Å². The van der Waals surface area contributed by atoms with Crippen molar-refractivity contribution in [1.82, 2.24) is 0 Å². The Morgan fingerprint density at radius 3 is 2.14 bits per heavy atom. The van der Waals surface area contributed by atoms with Crippen LogP contribution in [0.2, 0.25) is 0 Å². The highest BCUT2D eigenvalue weighted by Crippen LogP contribution is 2.43. The zero-order chi connectivity index (χ0) is 27.1. The molecule has 1 aliphatic heterocycles. The van der Waals surface area contributed by atoms with E-state index in [1.54, 1.807) is 0 Å². The summed E-state index contributed by atoms with van der Waals surface area (Å²) in [6, 6.07) is 1.90. The first-order chi connectivity index (χ1) is 16.7. The molecule has 4 unspecified atom stereocenters. The second kappa shape index (κ2) is 13.2. The van der Waals surface area contributed by atoms with Gasteiger partial charge in [0.2, 0.25) is 0 Å². The molecule has 36 heavy (non-hydrogen) atoms. The number of esters is 1. The highest BCUT2D eigenvalue weighted by atomic mass is 19.4. The van der Waals surface area contributed by atoms with E-state index in [1.165, 1.54) is 20.3 Å². The Labute approximate surface area is 216 Å². The van der Waals surface area contributed by atoms with Crippen LogP contribution in [-0.4, -0.2) is 17.7 Å². The van der Waals surface area contributed by atoms with Crippen molar-refractivity contribution in [2.75, 3.05) is 0 Å². The number of hydrogen-bond acceptors (Lipinski definition) is 3. The van der Waals surface area contributed by atoms with Crippen molar-refractivity contribution in [2.45, 2.75) is 131 Å². The smallest absolute Gasteiger partial charge is 0.391 e. The molecular weight excluding hydrogens is 465 g/mol. The molecule has 0 saturated carbocycles. The average Bonchev–Trinajstić information content (AvgIpc) is 2.76. The fourth-order valence-electron chi connectivity index (χ4n) is 5.36. The van der Waals surface area contributed by atoms with Gasteiger partial charge in [0.15, 0.2) is 0 Å². The molecule has 3 nitrogen and oxygen atoms in total. The van der Waals surface area contributed by atoms with Crippen molar-refractivity contribution >= 4 is 5.97 Å². The van der Waals surface area contributed by atoms with Crippen LogP contribution in [0.15, 0.2) is 6.07 Å². The molecule has 0 aromatic heterocycles. The van der Waals surface area contributed by atoms with Gasteiger partial charge in [0.25, 0.3) is 0 Å². The minimum absolute atomic E-state index is 0.186. The van der Waals surface area contributed by atoms with Crippen LogP contribution in [0.5, 0.6) is 11.5 Å². The van der Waals surface area contributed by atoms with Crippen molar-refractivity contribution in [3.63, 3.8) is 0 Å². The molecule has 0 spiro atoms. The first-order valence-electron chi connectivity index (χ1n) is 13.8. The number of fused-ring (bicyclic) bond motifs is 1. The van der Waals surface area contributed by atoms with Gasteiger partial charge >= 0.3 is 12.1 Å². The van der Waals surface area contributed by atoms with E-state index >= 15 is 0 Å². The standard InChI is InChI=1S/C30H47F3O3/c1-20(13-9-15-23(4)30(31,32)33)11-8-12-21(2)14-10-17-29(7)18-16-26-24(5)27(35-25(6)34)19-22(3)28(26)36-29/h19-21,23H,8-18H2,1-7H3. The summed E-state index contributed by atoms with van der Waals surface area (Å²) < 4.78 is 49.9. The summed E-state index contributed by atoms with van der Waals surface area (Å²) in [4.78, 5) is 11.4. The first kappa shape index (κ1) is 30.5. The van der Waals surface area contributed by atoms with Gasteiger partial charge in [0, 0.05) is 12.5 Å². The highest BCUT2D eigenvalue weighted by Gasteiger charge is 2.35.